The Hall–Kier alpha value is -3.14. The molecule has 0 aromatic carbocycles. The van der Waals surface area contributed by atoms with E-state index in [9.17, 15) is 22.8 Å². The summed E-state index contributed by atoms with van der Waals surface area (Å²) in [6, 6.07) is 1.60. The summed E-state index contributed by atoms with van der Waals surface area (Å²) in [6.45, 7) is 8.09. The van der Waals surface area contributed by atoms with Crippen molar-refractivity contribution in [2.24, 2.45) is 0 Å². The second kappa shape index (κ2) is 12.6. The minimum absolute atomic E-state index is 0.0915. The fourth-order valence-corrected chi connectivity index (χ4v) is 7.26. The Labute approximate surface area is 249 Å². The lowest BCUT2D eigenvalue weighted by Gasteiger charge is -2.40. The number of carbonyl (C=O) groups excluding carboxylic acids is 1. The molecule has 2 saturated heterocycles. The Kier molecular flexibility index (Phi) is 9.11. The maximum absolute atomic E-state index is 13.3. The fraction of sp³-hybridized carbons (Fsp3) is 0.519. The third kappa shape index (κ3) is 7.07. The molecule has 226 valence electrons. The van der Waals surface area contributed by atoms with E-state index in [0.29, 0.717) is 55.2 Å². The van der Waals surface area contributed by atoms with Crippen molar-refractivity contribution in [1.29, 1.82) is 0 Å². The number of carboxylic acids is 1. The molecule has 2 fully saturated rings. The van der Waals surface area contributed by atoms with Gasteiger partial charge in [-0.1, -0.05) is 11.3 Å². The first-order valence-corrected chi connectivity index (χ1v) is 15.4. The predicted octanol–water partition coefficient (Wildman–Crippen LogP) is 4.90. The van der Waals surface area contributed by atoms with Crippen LogP contribution in [0.25, 0.3) is 10.6 Å². The summed E-state index contributed by atoms with van der Waals surface area (Å²) in [5, 5.41) is 13.1. The molecule has 10 nitrogen and oxygen atoms in total. The van der Waals surface area contributed by atoms with Crippen LogP contribution in [0, 0.1) is 0 Å². The molecule has 0 saturated carbocycles. The molecule has 0 bridgehead atoms. The van der Waals surface area contributed by atoms with Crippen molar-refractivity contribution in [3.05, 3.63) is 40.0 Å². The molecule has 15 heteroatoms. The number of carbonyl (C=O) groups is 2. The molecule has 42 heavy (non-hydrogen) atoms. The summed E-state index contributed by atoms with van der Waals surface area (Å²) in [6.07, 6.45) is 0.694. The Morgan fingerprint density at radius 1 is 1.12 bits per heavy atom. The number of hydrogen-bond donors (Lipinski definition) is 2. The Morgan fingerprint density at radius 2 is 1.93 bits per heavy atom. The van der Waals surface area contributed by atoms with Crippen LogP contribution in [-0.4, -0.2) is 86.5 Å². The summed E-state index contributed by atoms with van der Waals surface area (Å²) in [7, 11) is 0. The van der Waals surface area contributed by atoms with Crippen LogP contribution in [0.1, 0.15) is 54.0 Å². The molecular formula is C27H32F3N7O3S2. The second-order valence-corrected chi connectivity index (χ2v) is 12.6. The molecule has 2 aliphatic heterocycles. The van der Waals surface area contributed by atoms with Gasteiger partial charge in [0.15, 0.2) is 5.13 Å². The van der Waals surface area contributed by atoms with Gasteiger partial charge in [-0.3, -0.25) is 24.7 Å². The van der Waals surface area contributed by atoms with Crippen LogP contribution in [0.15, 0.2) is 23.8 Å². The maximum atomic E-state index is 13.3. The van der Waals surface area contributed by atoms with Gasteiger partial charge < -0.3 is 10.0 Å². The van der Waals surface area contributed by atoms with Gasteiger partial charge in [-0.15, -0.1) is 11.3 Å². The lowest BCUT2D eigenvalue weighted by molar-refractivity contribution is -0.138. The molecule has 2 atom stereocenters. The number of aromatic nitrogens is 3. The van der Waals surface area contributed by atoms with Crippen molar-refractivity contribution in [3.63, 3.8) is 0 Å². The molecule has 1 amide bonds. The van der Waals surface area contributed by atoms with Crippen molar-refractivity contribution in [1.82, 2.24) is 24.8 Å². The molecule has 0 aliphatic carbocycles. The number of nitrogens with one attached hydrogen (secondary N) is 1. The number of halogens is 3. The van der Waals surface area contributed by atoms with E-state index in [1.54, 1.807) is 0 Å². The van der Waals surface area contributed by atoms with Crippen molar-refractivity contribution in [3.8, 4) is 10.6 Å². The lowest BCUT2D eigenvalue weighted by Crippen LogP contribution is -2.52. The molecule has 2 aliphatic rings. The van der Waals surface area contributed by atoms with Gasteiger partial charge in [0.25, 0.3) is 5.91 Å². The zero-order valence-corrected chi connectivity index (χ0v) is 24.9. The fourth-order valence-electron chi connectivity index (χ4n) is 5.26. The number of anilines is 2. The van der Waals surface area contributed by atoms with E-state index in [1.807, 2.05) is 11.8 Å². The van der Waals surface area contributed by atoms with Gasteiger partial charge in [0.05, 0.1) is 34.9 Å². The minimum Gasteiger partial charge on any atom is -0.481 e. The van der Waals surface area contributed by atoms with E-state index < -0.39 is 23.6 Å². The number of thiophene rings is 1. The smallest absolute Gasteiger partial charge is 0.417 e. The van der Waals surface area contributed by atoms with Gasteiger partial charge in [-0.2, -0.15) is 13.2 Å². The van der Waals surface area contributed by atoms with E-state index in [0.717, 1.165) is 47.0 Å². The SMILES string of the molecule is C[C@@H]1CN(c2cnc(C(=O)Nc3nc(-c4cc(C(F)(F)F)cs4)c(CN4CCC[C@H]4C)s3)cn2)CCN1CCC(=O)O. The Morgan fingerprint density at radius 3 is 2.55 bits per heavy atom. The highest BCUT2D eigenvalue weighted by Crippen LogP contribution is 2.40. The first kappa shape index (κ1) is 30.3. The van der Waals surface area contributed by atoms with E-state index in [1.165, 1.54) is 23.7 Å². The highest BCUT2D eigenvalue weighted by Gasteiger charge is 2.33. The maximum Gasteiger partial charge on any atom is 0.417 e. The summed E-state index contributed by atoms with van der Waals surface area (Å²) in [5.74, 6) is -0.713. The van der Waals surface area contributed by atoms with Crippen LogP contribution in [0.5, 0.6) is 0 Å². The summed E-state index contributed by atoms with van der Waals surface area (Å²) in [5.41, 5.74) is -0.171. The number of rotatable bonds is 9. The van der Waals surface area contributed by atoms with Gasteiger partial charge in [0.1, 0.15) is 11.5 Å². The molecule has 3 aromatic rings. The number of likely N-dealkylation sites (tertiary alicyclic amines) is 1. The normalized spacial score (nSPS) is 20.3. The van der Waals surface area contributed by atoms with E-state index >= 15 is 0 Å². The minimum atomic E-state index is -4.44. The van der Waals surface area contributed by atoms with Gasteiger partial charge in [0, 0.05) is 55.1 Å². The molecule has 0 spiro atoms. The zero-order chi connectivity index (χ0) is 30.0. The molecule has 5 rings (SSSR count). The molecule has 2 N–H and O–H groups in total. The van der Waals surface area contributed by atoms with Crippen LogP contribution in [-0.2, 0) is 17.5 Å². The highest BCUT2D eigenvalue weighted by molar-refractivity contribution is 7.17. The number of piperazine rings is 1. The van der Waals surface area contributed by atoms with Crippen molar-refractivity contribution in [2.75, 3.05) is 42.9 Å². The van der Waals surface area contributed by atoms with Crippen LogP contribution < -0.4 is 10.2 Å². The second-order valence-electron chi connectivity index (χ2n) is 10.6. The molecule has 0 unspecified atom stereocenters. The highest BCUT2D eigenvalue weighted by atomic mass is 32.1. The van der Waals surface area contributed by atoms with Crippen LogP contribution in [0.4, 0.5) is 24.1 Å². The number of nitrogens with zero attached hydrogens (tertiary/aromatic N) is 6. The molecule has 5 heterocycles. The number of thiazole rings is 1. The van der Waals surface area contributed by atoms with Gasteiger partial charge in [-0.05, 0) is 39.3 Å². The number of amides is 1. The number of carboxylic acid groups (broad SMARTS) is 1. The summed E-state index contributed by atoms with van der Waals surface area (Å²) >= 11 is 2.24. The van der Waals surface area contributed by atoms with Crippen LogP contribution in [0.2, 0.25) is 0 Å². The first-order chi connectivity index (χ1) is 20.0. The summed E-state index contributed by atoms with van der Waals surface area (Å²) < 4.78 is 39.9. The van der Waals surface area contributed by atoms with E-state index in [-0.39, 0.29) is 23.3 Å². The predicted molar refractivity (Wildman–Crippen MR) is 155 cm³/mol. The average Bonchev–Trinajstić information content (AvgIpc) is 3.68. The van der Waals surface area contributed by atoms with Gasteiger partial charge >= 0.3 is 12.1 Å². The third-order valence-corrected chi connectivity index (χ3v) is 9.58. The summed E-state index contributed by atoms with van der Waals surface area (Å²) in [4.78, 5) is 44.9. The first-order valence-electron chi connectivity index (χ1n) is 13.7. The quantitative estimate of drug-likeness (QED) is 0.344. The van der Waals surface area contributed by atoms with Crippen LogP contribution >= 0.6 is 22.7 Å². The number of aliphatic carboxylic acids is 1. The number of hydrogen-bond acceptors (Lipinski definition) is 10. The largest absolute Gasteiger partial charge is 0.481 e. The Bertz CT molecular complexity index is 1410. The molecular weight excluding hydrogens is 591 g/mol. The van der Waals surface area contributed by atoms with Gasteiger partial charge in [-0.25, -0.2) is 15.0 Å². The molecule has 3 aromatic heterocycles. The topological polar surface area (TPSA) is 115 Å². The van der Waals surface area contributed by atoms with Gasteiger partial charge in [0.2, 0.25) is 0 Å². The van der Waals surface area contributed by atoms with Crippen molar-refractivity contribution >= 4 is 45.5 Å². The lowest BCUT2D eigenvalue weighted by atomic mass is 10.2. The van der Waals surface area contributed by atoms with E-state index in [2.05, 4.69) is 37.0 Å². The molecule has 0 radical (unpaired) electrons. The Balaban J connectivity index is 1.28. The number of alkyl halides is 3. The van der Waals surface area contributed by atoms with Crippen molar-refractivity contribution < 1.29 is 27.9 Å². The zero-order valence-electron chi connectivity index (χ0n) is 23.2. The average molecular weight is 624 g/mol. The van der Waals surface area contributed by atoms with Crippen molar-refractivity contribution in [2.45, 2.75) is 57.9 Å². The third-order valence-electron chi connectivity index (χ3n) is 7.69. The monoisotopic (exact) mass is 623 g/mol. The van der Waals surface area contributed by atoms with Crippen LogP contribution in [0.3, 0.4) is 0 Å². The standard InChI is InChI=1S/C27H32F3N7O3S2/c1-16-4-3-6-36(16)14-21-24(20-10-18(15-41-20)27(28,29)30)33-26(42-21)34-25(40)19-11-32-22(12-31-19)37-9-8-35(17(2)13-37)7-5-23(38)39/h10-12,15-17H,3-9,13-14H2,1-2H3,(H,38,39)(H,33,34,40)/t16-,17-/m1/s1. The van der Waals surface area contributed by atoms with E-state index in [4.69, 9.17) is 5.11 Å².